The van der Waals surface area contributed by atoms with Gasteiger partial charge in [0, 0.05) is 16.6 Å². The Morgan fingerprint density at radius 3 is 1.70 bits per heavy atom. The van der Waals surface area contributed by atoms with Crippen LogP contribution in [0.4, 0.5) is 0 Å². The highest BCUT2D eigenvalue weighted by Crippen LogP contribution is 2.38. The van der Waals surface area contributed by atoms with E-state index in [9.17, 15) is 0 Å². The molecule has 3 nitrogen and oxygen atoms in total. The molecule has 8 aromatic rings. The zero-order valence-electron chi connectivity index (χ0n) is 27.5. The Hall–Kier alpha value is -6.29. The van der Waals surface area contributed by atoms with Gasteiger partial charge in [-0.15, -0.1) is 0 Å². The molecular formula is C47H35N3. The first-order valence-electron chi connectivity index (χ1n) is 17.2. The van der Waals surface area contributed by atoms with Crippen molar-refractivity contribution in [3.63, 3.8) is 0 Å². The van der Waals surface area contributed by atoms with Gasteiger partial charge in [-0.2, -0.15) is 0 Å². The maximum absolute atomic E-state index is 5.22. The van der Waals surface area contributed by atoms with Gasteiger partial charge in [0.25, 0.3) is 0 Å². The van der Waals surface area contributed by atoms with Gasteiger partial charge in [0.15, 0.2) is 0 Å². The molecule has 50 heavy (non-hydrogen) atoms. The fraction of sp³-hybridized carbons (Fsp3) is 0.0426. The molecular weight excluding hydrogens is 607 g/mol. The summed E-state index contributed by atoms with van der Waals surface area (Å²) in [7, 11) is 0. The van der Waals surface area contributed by atoms with Gasteiger partial charge >= 0.3 is 0 Å². The lowest BCUT2D eigenvalue weighted by Gasteiger charge is -2.33. The van der Waals surface area contributed by atoms with Gasteiger partial charge in [-0.3, -0.25) is 5.32 Å². The number of hydrogen-bond acceptors (Lipinski definition) is 3. The van der Waals surface area contributed by atoms with Crippen LogP contribution < -0.4 is 10.6 Å². The number of fused-ring (bicyclic) bond motifs is 3. The number of benzene rings is 7. The van der Waals surface area contributed by atoms with Crippen molar-refractivity contribution in [2.24, 2.45) is 0 Å². The third-order valence-electron chi connectivity index (χ3n) is 9.74. The molecule has 2 atom stereocenters. The lowest BCUT2D eigenvalue weighted by atomic mass is 9.92. The molecule has 7 aromatic carbocycles. The van der Waals surface area contributed by atoms with Gasteiger partial charge in [0.1, 0.15) is 6.17 Å². The van der Waals surface area contributed by atoms with E-state index < -0.39 is 0 Å². The smallest absolute Gasteiger partial charge is 0.104 e. The fourth-order valence-electron chi connectivity index (χ4n) is 7.18. The molecule has 0 radical (unpaired) electrons. The molecule has 0 aliphatic carbocycles. The summed E-state index contributed by atoms with van der Waals surface area (Å²) in [6.45, 7) is 0. The summed E-state index contributed by atoms with van der Waals surface area (Å²) in [5, 5.41) is 11.3. The average Bonchev–Trinajstić information content (AvgIpc) is 3.21. The standard InChI is InChI=1S/C47H35N3/c1-5-13-32(14-6-1)33-21-24-38(25-22-33)45-31-44(37-19-11-4-12-20-37)49-47(50-45)39-26-23-35-27-28-42-46(40(35)29-39)41(34-15-7-2-8-16-34)30-43(48-42)36-17-9-3-10-18-36/h1-31,45,47,49-50H. The Morgan fingerprint density at radius 1 is 0.460 bits per heavy atom. The molecule has 9 rings (SSSR count). The van der Waals surface area contributed by atoms with E-state index >= 15 is 0 Å². The first-order chi connectivity index (χ1) is 24.8. The highest BCUT2D eigenvalue weighted by Gasteiger charge is 2.25. The molecule has 2 heterocycles. The minimum absolute atomic E-state index is 0.0134. The van der Waals surface area contributed by atoms with Crippen molar-refractivity contribution < 1.29 is 0 Å². The lowest BCUT2D eigenvalue weighted by Crippen LogP contribution is -2.39. The topological polar surface area (TPSA) is 37.0 Å². The predicted molar refractivity (Wildman–Crippen MR) is 208 cm³/mol. The number of aromatic nitrogens is 1. The maximum atomic E-state index is 5.22. The predicted octanol–water partition coefficient (Wildman–Crippen LogP) is 11.4. The van der Waals surface area contributed by atoms with E-state index in [-0.39, 0.29) is 12.2 Å². The largest absolute Gasteiger partial charge is 0.366 e. The van der Waals surface area contributed by atoms with Gasteiger partial charge in [-0.25, -0.2) is 4.98 Å². The molecule has 238 valence electrons. The number of pyridine rings is 1. The van der Waals surface area contributed by atoms with Crippen LogP contribution >= 0.6 is 0 Å². The van der Waals surface area contributed by atoms with Crippen LogP contribution in [0.25, 0.3) is 60.9 Å². The zero-order valence-corrected chi connectivity index (χ0v) is 27.5. The van der Waals surface area contributed by atoms with Crippen molar-refractivity contribution in [2.75, 3.05) is 0 Å². The second-order valence-corrected chi connectivity index (χ2v) is 12.9. The summed E-state index contributed by atoms with van der Waals surface area (Å²) >= 11 is 0. The quantitative estimate of drug-likeness (QED) is 0.177. The summed E-state index contributed by atoms with van der Waals surface area (Å²) < 4.78 is 0. The van der Waals surface area contributed by atoms with Crippen LogP contribution in [0.2, 0.25) is 0 Å². The van der Waals surface area contributed by atoms with Crippen LogP contribution in [0.5, 0.6) is 0 Å². The van der Waals surface area contributed by atoms with Gasteiger partial charge in [0.2, 0.25) is 0 Å². The highest BCUT2D eigenvalue weighted by atomic mass is 15.2. The van der Waals surface area contributed by atoms with E-state index in [1.807, 2.05) is 6.07 Å². The Kier molecular flexibility index (Phi) is 7.73. The van der Waals surface area contributed by atoms with E-state index in [0.29, 0.717) is 0 Å². The van der Waals surface area contributed by atoms with E-state index in [1.54, 1.807) is 0 Å². The normalized spacial score (nSPS) is 15.8. The van der Waals surface area contributed by atoms with Crippen molar-refractivity contribution in [3.05, 3.63) is 205 Å². The summed E-state index contributed by atoms with van der Waals surface area (Å²) in [4.78, 5) is 5.22. The molecule has 3 heteroatoms. The number of hydrogen-bond donors (Lipinski definition) is 2. The number of rotatable bonds is 6. The van der Waals surface area contributed by atoms with E-state index in [1.165, 1.54) is 49.7 Å². The Morgan fingerprint density at radius 2 is 1.02 bits per heavy atom. The van der Waals surface area contributed by atoms with Crippen LogP contribution in [-0.2, 0) is 0 Å². The van der Waals surface area contributed by atoms with Gasteiger partial charge in [0.05, 0.1) is 17.3 Å². The monoisotopic (exact) mass is 641 g/mol. The molecule has 2 unspecified atom stereocenters. The van der Waals surface area contributed by atoms with E-state index in [0.717, 1.165) is 27.9 Å². The lowest BCUT2D eigenvalue weighted by molar-refractivity contribution is 0.443. The average molecular weight is 642 g/mol. The summed E-state index contributed by atoms with van der Waals surface area (Å²) in [5.41, 5.74) is 12.5. The molecule has 0 saturated heterocycles. The van der Waals surface area contributed by atoms with Crippen LogP contribution in [0, 0.1) is 0 Å². The fourth-order valence-corrected chi connectivity index (χ4v) is 7.18. The van der Waals surface area contributed by atoms with Crippen molar-refractivity contribution in [1.29, 1.82) is 0 Å². The molecule has 0 fully saturated rings. The first-order valence-corrected chi connectivity index (χ1v) is 17.2. The first kappa shape index (κ1) is 29.8. The third kappa shape index (κ3) is 5.74. The molecule has 0 bridgehead atoms. The minimum Gasteiger partial charge on any atom is -0.366 e. The SMILES string of the molecule is C1=C(c2ccccc2)NC(c2ccc3ccc4nc(-c5ccccc5)cc(-c5ccccc5)c4c3c2)NC1c1ccc(-c2ccccc2)cc1. The van der Waals surface area contributed by atoms with Crippen LogP contribution in [0.1, 0.15) is 28.9 Å². The van der Waals surface area contributed by atoms with Crippen LogP contribution in [-0.4, -0.2) is 4.98 Å². The van der Waals surface area contributed by atoms with E-state index in [4.69, 9.17) is 4.98 Å². The Bertz CT molecular complexity index is 2460. The second kappa shape index (κ2) is 13.0. The number of nitrogens with one attached hydrogen (secondary N) is 2. The van der Waals surface area contributed by atoms with Gasteiger partial charge in [-0.1, -0.05) is 164 Å². The Labute approximate surface area is 292 Å². The van der Waals surface area contributed by atoms with Gasteiger partial charge in [-0.05, 0) is 74.0 Å². The van der Waals surface area contributed by atoms with Crippen LogP contribution in [0.3, 0.4) is 0 Å². The summed E-state index contributed by atoms with van der Waals surface area (Å²) in [6.07, 6.45) is 2.19. The minimum atomic E-state index is -0.120. The maximum Gasteiger partial charge on any atom is 0.104 e. The second-order valence-electron chi connectivity index (χ2n) is 12.9. The van der Waals surface area contributed by atoms with Crippen molar-refractivity contribution in [1.82, 2.24) is 15.6 Å². The Balaban J connectivity index is 1.16. The van der Waals surface area contributed by atoms with Crippen molar-refractivity contribution >= 4 is 27.4 Å². The molecule has 0 amide bonds. The zero-order chi connectivity index (χ0) is 33.3. The number of nitrogens with zero attached hydrogens (tertiary/aromatic N) is 1. The summed E-state index contributed by atoms with van der Waals surface area (Å²) in [5.74, 6) is 0. The van der Waals surface area contributed by atoms with Crippen LogP contribution in [0.15, 0.2) is 188 Å². The highest BCUT2D eigenvalue weighted by molar-refractivity contribution is 6.14. The molecule has 1 aliphatic rings. The third-order valence-corrected chi connectivity index (χ3v) is 9.74. The van der Waals surface area contributed by atoms with Crippen molar-refractivity contribution in [2.45, 2.75) is 12.2 Å². The van der Waals surface area contributed by atoms with Gasteiger partial charge < -0.3 is 5.32 Å². The van der Waals surface area contributed by atoms with E-state index in [2.05, 4.69) is 193 Å². The molecule has 0 saturated carbocycles. The molecule has 0 spiro atoms. The van der Waals surface area contributed by atoms with Crippen molar-refractivity contribution in [3.8, 4) is 33.5 Å². The summed E-state index contributed by atoms with van der Waals surface area (Å²) in [6, 6.07) is 64.7. The molecule has 2 N–H and O–H groups in total. The molecule has 1 aliphatic heterocycles. The molecule has 1 aromatic heterocycles.